The molecule has 0 spiro atoms. The smallest absolute Gasteiger partial charge is 0.119 e. The first-order chi connectivity index (χ1) is 10.1. The maximum Gasteiger partial charge on any atom is 0.119 e. The molecule has 0 saturated heterocycles. The van der Waals surface area contributed by atoms with Gasteiger partial charge in [0.1, 0.15) is 5.75 Å². The van der Waals surface area contributed by atoms with Crippen LogP contribution in [-0.4, -0.2) is 20.2 Å². The fourth-order valence-electron chi connectivity index (χ4n) is 3.20. The van der Waals surface area contributed by atoms with Crippen molar-refractivity contribution in [3.63, 3.8) is 0 Å². The van der Waals surface area contributed by atoms with E-state index in [-0.39, 0.29) is 5.41 Å². The number of benzene rings is 1. The summed E-state index contributed by atoms with van der Waals surface area (Å²) in [6.45, 7) is 11.2. The molecule has 0 bridgehead atoms. The highest BCUT2D eigenvalue weighted by molar-refractivity contribution is 5.34. The molecule has 1 rings (SSSR count). The topological polar surface area (TPSA) is 21.3 Å². The standard InChI is InChI=1S/C19H33NO/c1-6-11-19(12-7-2,15-20-14-16(3)4)17-9-8-10-18(13-17)21-5/h8-10,13,16,20H,6-7,11-12,14-15H2,1-5H3. The highest BCUT2D eigenvalue weighted by Crippen LogP contribution is 2.35. The molecule has 0 fully saturated rings. The van der Waals surface area contributed by atoms with Crippen LogP contribution in [0.3, 0.4) is 0 Å². The summed E-state index contributed by atoms with van der Waals surface area (Å²) >= 11 is 0. The molecule has 0 aliphatic carbocycles. The Labute approximate surface area is 131 Å². The fraction of sp³-hybridized carbons (Fsp3) is 0.684. The van der Waals surface area contributed by atoms with Gasteiger partial charge in [-0.1, -0.05) is 52.7 Å². The summed E-state index contributed by atoms with van der Waals surface area (Å²) in [7, 11) is 1.75. The third-order valence-electron chi connectivity index (χ3n) is 4.16. The minimum Gasteiger partial charge on any atom is -0.497 e. The second-order valence-electron chi connectivity index (χ2n) is 6.54. The van der Waals surface area contributed by atoms with Crippen LogP contribution < -0.4 is 10.1 Å². The molecule has 0 aliphatic rings. The van der Waals surface area contributed by atoms with Crippen molar-refractivity contribution in [1.82, 2.24) is 5.32 Å². The Balaban J connectivity index is 3.01. The van der Waals surface area contributed by atoms with Gasteiger partial charge in [-0.05, 0) is 43.0 Å². The van der Waals surface area contributed by atoms with Gasteiger partial charge >= 0.3 is 0 Å². The zero-order valence-electron chi connectivity index (χ0n) is 14.5. The lowest BCUT2D eigenvalue weighted by Gasteiger charge is -2.35. The molecule has 0 heterocycles. The normalized spacial score (nSPS) is 11.9. The molecule has 0 atom stereocenters. The van der Waals surface area contributed by atoms with Crippen LogP contribution in [0.25, 0.3) is 0 Å². The third kappa shape index (κ3) is 5.35. The Hall–Kier alpha value is -1.02. The van der Waals surface area contributed by atoms with E-state index in [9.17, 15) is 0 Å². The summed E-state index contributed by atoms with van der Waals surface area (Å²) in [4.78, 5) is 0. The van der Waals surface area contributed by atoms with E-state index in [1.54, 1.807) is 7.11 Å². The molecule has 0 aliphatic heterocycles. The molecule has 120 valence electrons. The number of ether oxygens (including phenoxy) is 1. The van der Waals surface area contributed by atoms with E-state index < -0.39 is 0 Å². The molecule has 0 radical (unpaired) electrons. The Morgan fingerprint density at radius 3 is 2.33 bits per heavy atom. The van der Waals surface area contributed by atoms with E-state index in [1.165, 1.54) is 31.2 Å². The van der Waals surface area contributed by atoms with E-state index in [0.717, 1.165) is 18.8 Å². The molecule has 0 saturated carbocycles. The van der Waals surface area contributed by atoms with Crippen molar-refractivity contribution < 1.29 is 4.74 Å². The van der Waals surface area contributed by atoms with Crippen LogP contribution in [0.2, 0.25) is 0 Å². The van der Waals surface area contributed by atoms with Crippen molar-refractivity contribution in [2.24, 2.45) is 5.92 Å². The average molecular weight is 291 g/mol. The molecule has 0 unspecified atom stereocenters. The summed E-state index contributed by atoms with van der Waals surface area (Å²) in [6, 6.07) is 8.65. The molecule has 1 aromatic carbocycles. The number of nitrogens with one attached hydrogen (secondary N) is 1. The van der Waals surface area contributed by atoms with Crippen LogP contribution in [0.5, 0.6) is 5.75 Å². The molecule has 21 heavy (non-hydrogen) atoms. The molecular weight excluding hydrogens is 258 g/mol. The third-order valence-corrected chi connectivity index (χ3v) is 4.16. The summed E-state index contributed by atoms with van der Waals surface area (Å²) in [5, 5.41) is 3.69. The molecule has 1 N–H and O–H groups in total. The van der Waals surface area contributed by atoms with Crippen LogP contribution in [0, 0.1) is 5.92 Å². The van der Waals surface area contributed by atoms with E-state index in [4.69, 9.17) is 4.74 Å². The van der Waals surface area contributed by atoms with Gasteiger partial charge in [0.15, 0.2) is 0 Å². The van der Waals surface area contributed by atoms with Gasteiger partial charge in [-0.25, -0.2) is 0 Å². The summed E-state index contributed by atoms with van der Waals surface area (Å²) in [5.74, 6) is 1.66. The molecule has 0 amide bonds. The van der Waals surface area contributed by atoms with Crippen molar-refractivity contribution in [2.75, 3.05) is 20.2 Å². The van der Waals surface area contributed by atoms with Crippen LogP contribution in [0.1, 0.15) is 58.9 Å². The molecule has 2 nitrogen and oxygen atoms in total. The van der Waals surface area contributed by atoms with E-state index in [1.807, 2.05) is 6.07 Å². The van der Waals surface area contributed by atoms with Gasteiger partial charge < -0.3 is 10.1 Å². The van der Waals surface area contributed by atoms with E-state index >= 15 is 0 Å². The number of rotatable bonds is 10. The van der Waals surface area contributed by atoms with Gasteiger partial charge in [-0.3, -0.25) is 0 Å². The number of hydrogen-bond acceptors (Lipinski definition) is 2. The molecule has 0 aromatic heterocycles. The van der Waals surface area contributed by atoms with Crippen molar-refractivity contribution in [3.05, 3.63) is 29.8 Å². The van der Waals surface area contributed by atoms with Crippen LogP contribution in [-0.2, 0) is 5.41 Å². The van der Waals surface area contributed by atoms with E-state index in [2.05, 4.69) is 51.2 Å². The lowest BCUT2D eigenvalue weighted by atomic mass is 9.73. The highest BCUT2D eigenvalue weighted by Gasteiger charge is 2.30. The first-order valence-corrected chi connectivity index (χ1v) is 8.43. The van der Waals surface area contributed by atoms with Gasteiger partial charge in [0.2, 0.25) is 0 Å². The molecule has 2 heteroatoms. The quantitative estimate of drug-likeness (QED) is 0.670. The Morgan fingerprint density at radius 2 is 1.81 bits per heavy atom. The Bertz CT molecular complexity index is 394. The first kappa shape index (κ1) is 18.0. The Morgan fingerprint density at radius 1 is 1.14 bits per heavy atom. The van der Waals surface area contributed by atoms with Gasteiger partial charge in [0.25, 0.3) is 0 Å². The van der Waals surface area contributed by atoms with Crippen molar-refractivity contribution in [3.8, 4) is 5.75 Å². The minimum absolute atomic E-state index is 0.229. The summed E-state index contributed by atoms with van der Waals surface area (Å²) in [6.07, 6.45) is 4.86. The van der Waals surface area contributed by atoms with Gasteiger partial charge in [-0.2, -0.15) is 0 Å². The van der Waals surface area contributed by atoms with Crippen LogP contribution >= 0.6 is 0 Å². The van der Waals surface area contributed by atoms with Gasteiger partial charge in [0, 0.05) is 12.0 Å². The van der Waals surface area contributed by atoms with Crippen LogP contribution in [0.15, 0.2) is 24.3 Å². The van der Waals surface area contributed by atoms with Crippen LogP contribution in [0.4, 0.5) is 0 Å². The zero-order chi connectivity index (χ0) is 15.7. The van der Waals surface area contributed by atoms with Crippen molar-refractivity contribution >= 4 is 0 Å². The monoisotopic (exact) mass is 291 g/mol. The predicted octanol–water partition coefficient (Wildman–Crippen LogP) is 4.78. The average Bonchev–Trinajstić information content (AvgIpc) is 2.47. The highest BCUT2D eigenvalue weighted by atomic mass is 16.5. The first-order valence-electron chi connectivity index (χ1n) is 8.43. The zero-order valence-corrected chi connectivity index (χ0v) is 14.5. The van der Waals surface area contributed by atoms with Gasteiger partial charge in [-0.15, -0.1) is 0 Å². The minimum atomic E-state index is 0.229. The van der Waals surface area contributed by atoms with Crippen molar-refractivity contribution in [1.29, 1.82) is 0 Å². The summed E-state index contributed by atoms with van der Waals surface area (Å²) < 4.78 is 5.43. The maximum absolute atomic E-state index is 5.43. The second kappa shape index (κ2) is 9.09. The SMILES string of the molecule is CCCC(CCC)(CNCC(C)C)c1cccc(OC)c1. The number of hydrogen-bond donors (Lipinski definition) is 1. The largest absolute Gasteiger partial charge is 0.497 e. The molecule has 1 aromatic rings. The van der Waals surface area contributed by atoms with Crippen molar-refractivity contribution in [2.45, 2.75) is 58.8 Å². The second-order valence-corrected chi connectivity index (χ2v) is 6.54. The van der Waals surface area contributed by atoms with Gasteiger partial charge in [0.05, 0.1) is 7.11 Å². The fourth-order valence-corrected chi connectivity index (χ4v) is 3.20. The predicted molar refractivity (Wildman–Crippen MR) is 92.2 cm³/mol. The summed E-state index contributed by atoms with van der Waals surface area (Å²) in [5.41, 5.74) is 1.65. The number of methoxy groups -OCH3 is 1. The van der Waals surface area contributed by atoms with E-state index in [0.29, 0.717) is 5.92 Å². The molecular formula is C19H33NO. The lowest BCUT2D eigenvalue weighted by Crippen LogP contribution is -2.39. The maximum atomic E-state index is 5.43. The lowest BCUT2D eigenvalue weighted by molar-refractivity contribution is 0.326. The Kier molecular flexibility index (Phi) is 7.81.